The van der Waals surface area contributed by atoms with Crippen molar-refractivity contribution in [3.05, 3.63) is 33.7 Å². The third-order valence-electron chi connectivity index (χ3n) is 5.01. The van der Waals surface area contributed by atoms with E-state index in [1.165, 1.54) is 11.3 Å². The minimum atomic E-state index is -0.175. The zero-order valence-electron chi connectivity index (χ0n) is 16.4. The van der Waals surface area contributed by atoms with Crippen molar-refractivity contribution in [1.29, 1.82) is 0 Å². The van der Waals surface area contributed by atoms with Crippen LogP contribution in [0, 0.1) is 5.41 Å². The molecule has 148 valence electrons. The topological polar surface area (TPSA) is 63.2 Å². The maximum absolute atomic E-state index is 13.2. The van der Waals surface area contributed by atoms with Crippen LogP contribution in [0.5, 0.6) is 0 Å². The van der Waals surface area contributed by atoms with Gasteiger partial charge in [-0.3, -0.25) is 14.5 Å². The van der Waals surface area contributed by atoms with Crippen LogP contribution in [0.2, 0.25) is 0 Å². The van der Waals surface area contributed by atoms with Gasteiger partial charge >= 0.3 is 0 Å². The summed E-state index contributed by atoms with van der Waals surface area (Å²) in [6.45, 7) is 8.38. The van der Waals surface area contributed by atoms with E-state index in [4.69, 9.17) is 0 Å². The maximum atomic E-state index is 13.2. The van der Waals surface area contributed by atoms with Gasteiger partial charge in [-0.2, -0.15) is 11.3 Å². The molecule has 1 atom stereocenters. The molecule has 1 aliphatic heterocycles. The van der Waals surface area contributed by atoms with Crippen LogP contribution < -0.4 is 4.90 Å². The van der Waals surface area contributed by atoms with Gasteiger partial charge in [0.25, 0.3) is 0 Å². The van der Waals surface area contributed by atoms with E-state index >= 15 is 0 Å². The van der Waals surface area contributed by atoms with Crippen molar-refractivity contribution in [1.82, 2.24) is 10.2 Å². The number of allylic oxidation sites excluding steroid dienone is 2. The van der Waals surface area contributed by atoms with E-state index in [0.29, 0.717) is 29.6 Å². The standard InChI is InChI=1S/C20H23N3O2S3/c1-11(2)27-19-22-21-18(28-19)23-14-8-20(3,4)9-15(24)17(14)13(7-16(23)25)12-5-6-26-10-12/h5-6,10-11,13H,7-9H2,1-4H3/t13-/m1/s1. The van der Waals surface area contributed by atoms with Crippen molar-refractivity contribution < 1.29 is 9.59 Å². The Bertz CT molecular complexity index is 944. The molecule has 4 rings (SSSR count). The van der Waals surface area contributed by atoms with Crippen molar-refractivity contribution in [2.45, 2.75) is 62.5 Å². The Hall–Kier alpha value is -1.51. The second-order valence-corrected chi connectivity index (χ2v) is 11.9. The predicted octanol–water partition coefficient (Wildman–Crippen LogP) is 5.26. The molecule has 0 radical (unpaired) electrons. The molecular formula is C20H23N3O2S3. The Labute approximate surface area is 177 Å². The van der Waals surface area contributed by atoms with Gasteiger partial charge in [-0.15, -0.1) is 10.2 Å². The molecule has 0 spiro atoms. The first kappa shape index (κ1) is 19.8. The summed E-state index contributed by atoms with van der Waals surface area (Å²) in [5, 5.41) is 13.6. The Morgan fingerprint density at radius 2 is 2.04 bits per heavy atom. The summed E-state index contributed by atoms with van der Waals surface area (Å²) in [6, 6.07) is 2.03. The first-order valence-electron chi connectivity index (χ1n) is 9.36. The molecule has 1 aliphatic carbocycles. The highest BCUT2D eigenvalue weighted by molar-refractivity contribution is 8.01. The average Bonchev–Trinajstić information content (AvgIpc) is 3.24. The number of ketones is 1. The third-order valence-corrected chi connectivity index (χ3v) is 7.71. The molecule has 0 N–H and O–H groups in total. The molecule has 3 heterocycles. The normalized spacial score (nSPS) is 22.2. The van der Waals surface area contributed by atoms with Gasteiger partial charge in [-0.05, 0) is 34.2 Å². The number of Topliss-reactive ketones (excluding diaryl/α,β-unsaturated/α-hetero) is 1. The van der Waals surface area contributed by atoms with E-state index in [2.05, 4.69) is 37.9 Å². The number of aromatic nitrogens is 2. The van der Waals surface area contributed by atoms with E-state index in [-0.39, 0.29) is 23.0 Å². The Morgan fingerprint density at radius 3 is 2.71 bits per heavy atom. The fourth-order valence-electron chi connectivity index (χ4n) is 3.94. The van der Waals surface area contributed by atoms with E-state index < -0.39 is 0 Å². The summed E-state index contributed by atoms with van der Waals surface area (Å²) in [7, 11) is 0. The third kappa shape index (κ3) is 3.69. The van der Waals surface area contributed by atoms with Gasteiger partial charge in [0.2, 0.25) is 11.0 Å². The minimum absolute atomic E-state index is 0.00213. The summed E-state index contributed by atoms with van der Waals surface area (Å²) in [6.07, 6.45) is 1.50. The van der Waals surface area contributed by atoms with Crippen LogP contribution in [0.25, 0.3) is 0 Å². The number of amides is 1. The molecule has 1 amide bonds. The minimum Gasteiger partial charge on any atom is -0.294 e. The number of rotatable bonds is 4. The quantitative estimate of drug-likeness (QED) is 0.486. The number of thiophene rings is 1. The summed E-state index contributed by atoms with van der Waals surface area (Å²) in [5.41, 5.74) is 2.51. The molecule has 2 aromatic heterocycles. The van der Waals surface area contributed by atoms with Crippen LogP contribution in [0.1, 0.15) is 58.4 Å². The van der Waals surface area contributed by atoms with Crippen molar-refractivity contribution in [2.75, 3.05) is 4.90 Å². The highest BCUT2D eigenvalue weighted by Crippen LogP contribution is 2.49. The first-order chi connectivity index (χ1) is 13.2. The van der Waals surface area contributed by atoms with Gasteiger partial charge in [-0.25, -0.2) is 0 Å². The van der Waals surface area contributed by atoms with Gasteiger partial charge < -0.3 is 0 Å². The molecular weight excluding hydrogens is 410 g/mol. The van der Waals surface area contributed by atoms with Crippen LogP contribution in [0.3, 0.4) is 0 Å². The Morgan fingerprint density at radius 1 is 1.25 bits per heavy atom. The second kappa shape index (κ2) is 7.39. The first-order valence-corrected chi connectivity index (χ1v) is 12.0. The molecule has 0 saturated carbocycles. The van der Waals surface area contributed by atoms with E-state index in [9.17, 15) is 9.59 Å². The lowest BCUT2D eigenvalue weighted by Crippen LogP contribution is -2.43. The number of hydrogen-bond donors (Lipinski definition) is 0. The van der Waals surface area contributed by atoms with Gasteiger partial charge in [-0.1, -0.05) is 50.8 Å². The van der Waals surface area contributed by atoms with Crippen LogP contribution in [-0.4, -0.2) is 27.1 Å². The Balaban J connectivity index is 1.81. The van der Waals surface area contributed by atoms with Crippen LogP contribution >= 0.6 is 34.4 Å². The van der Waals surface area contributed by atoms with Crippen LogP contribution in [0.4, 0.5) is 5.13 Å². The summed E-state index contributed by atoms with van der Waals surface area (Å²) >= 11 is 4.67. The zero-order chi connectivity index (χ0) is 20.1. The van der Waals surface area contributed by atoms with Gasteiger partial charge in [0.05, 0.1) is 0 Å². The highest BCUT2D eigenvalue weighted by atomic mass is 32.2. The SMILES string of the molecule is CC(C)Sc1nnc(N2C(=O)C[C@H](c3ccsc3)C3=C2CC(C)(C)CC3=O)s1. The molecule has 0 saturated heterocycles. The van der Waals surface area contributed by atoms with E-state index in [1.54, 1.807) is 28.0 Å². The monoisotopic (exact) mass is 433 g/mol. The molecule has 5 nitrogen and oxygen atoms in total. The predicted molar refractivity (Wildman–Crippen MR) is 115 cm³/mol. The van der Waals surface area contributed by atoms with Crippen molar-refractivity contribution in [2.24, 2.45) is 5.41 Å². The molecule has 28 heavy (non-hydrogen) atoms. The lowest BCUT2D eigenvalue weighted by Gasteiger charge is -2.41. The van der Waals surface area contributed by atoms with E-state index in [1.807, 2.05) is 16.8 Å². The number of anilines is 1. The number of thioether (sulfide) groups is 1. The van der Waals surface area contributed by atoms with E-state index in [0.717, 1.165) is 21.2 Å². The maximum Gasteiger partial charge on any atom is 0.234 e. The molecule has 0 fully saturated rings. The number of carbonyl (C=O) groups is 2. The number of hydrogen-bond acceptors (Lipinski definition) is 7. The zero-order valence-corrected chi connectivity index (χ0v) is 18.8. The number of carbonyl (C=O) groups excluding carboxylic acids is 2. The van der Waals surface area contributed by atoms with Crippen molar-refractivity contribution in [3.8, 4) is 0 Å². The second-order valence-electron chi connectivity index (χ2n) is 8.36. The molecule has 0 unspecified atom stereocenters. The van der Waals surface area contributed by atoms with Crippen LogP contribution in [0.15, 0.2) is 32.4 Å². The van der Waals surface area contributed by atoms with Crippen LogP contribution in [-0.2, 0) is 9.59 Å². The number of nitrogens with zero attached hydrogens (tertiary/aromatic N) is 3. The Kier molecular flexibility index (Phi) is 5.22. The largest absolute Gasteiger partial charge is 0.294 e. The summed E-state index contributed by atoms with van der Waals surface area (Å²) < 4.78 is 0.848. The fourth-order valence-corrected chi connectivity index (χ4v) is 6.76. The lowest BCUT2D eigenvalue weighted by molar-refractivity contribution is -0.121. The lowest BCUT2D eigenvalue weighted by atomic mass is 9.69. The summed E-state index contributed by atoms with van der Waals surface area (Å²) in [4.78, 5) is 28.1. The highest BCUT2D eigenvalue weighted by Gasteiger charge is 2.45. The molecule has 2 aromatic rings. The molecule has 2 aliphatic rings. The summed E-state index contributed by atoms with van der Waals surface area (Å²) in [5.74, 6) is 0.00460. The van der Waals surface area contributed by atoms with Gasteiger partial charge in [0.1, 0.15) is 0 Å². The molecule has 8 heteroatoms. The average molecular weight is 434 g/mol. The van der Waals surface area contributed by atoms with Crippen molar-refractivity contribution >= 4 is 51.3 Å². The van der Waals surface area contributed by atoms with Gasteiger partial charge in [0, 0.05) is 35.3 Å². The van der Waals surface area contributed by atoms with Crippen molar-refractivity contribution in [3.63, 3.8) is 0 Å². The molecule has 0 aromatic carbocycles. The smallest absolute Gasteiger partial charge is 0.234 e. The molecule has 0 bridgehead atoms. The fraction of sp³-hybridized carbons (Fsp3) is 0.500. The van der Waals surface area contributed by atoms with Gasteiger partial charge in [0.15, 0.2) is 10.1 Å².